The molecule has 1 aliphatic heterocycles. The largest absolute Gasteiger partial charge is 0.454 e. The Morgan fingerprint density at radius 3 is 2.52 bits per heavy atom. The molecule has 2 aromatic heterocycles. The Kier molecular flexibility index (Phi) is 2.43. The zero-order valence-electron chi connectivity index (χ0n) is 14.1. The molecule has 3 aromatic carbocycles. The number of aryl methyl sites for hydroxylation is 1. The average Bonchev–Trinajstić information content (AvgIpc) is 3.26. The van der Waals surface area contributed by atoms with E-state index in [0.29, 0.717) is 38.4 Å². The van der Waals surface area contributed by atoms with Gasteiger partial charge in [-0.2, -0.15) is 0 Å². The van der Waals surface area contributed by atoms with Gasteiger partial charge in [0.05, 0.1) is 16.6 Å². The maximum Gasteiger partial charge on any atom is 0.259 e. The number of carbonyl (C=O) groups is 2. The highest BCUT2D eigenvalue weighted by atomic mass is 19.1. The van der Waals surface area contributed by atoms with Crippen molar-refractivity contribution in [3.8, 4) is 0 Å². The summed E-state index contributed by atoms with van der Waals surface area (Å²) in [6.07, 6.45) is 0. The van der Waals surface area contributed by atoms with Crippen LogP contribution < -0.4 is 5.32 Å². The summed E-state index contributed by atoms with van der Waals surface area (Å²) in [6, 6.07) is 11.9. The predicted octanol–water partition coefficient (Wildman–Crippen LogP) is 4.25. The van der Waals surface area contributed by atoms with Crippen molar-refractivity contribution in [2.24, 2.45) is 7.05 Å². The van der Waals surface area contributed by atoms with E-state index in [2.05, 4.69) is 5.32 Å². The van der Waals surface area contributed by atoms with Crippen LogP contribution in [0.1, 0.15) is 20.7 Å². The molecule has 0 unspecified atom stereocenters. The molecule has 1 aliphatic rings. The fourth-order valence-corrected chi connectivity index (χ4v) is 4.33. The predicted molar refractivity (Wildman–Crippen MR) is 99.5 cm³/mol. The van der Waals surface area contributed by atoms with Gasteiger partial charge in [-0.1, -0.05) is 18.2 Å². The third kappa shape index (κ3) is 1.58. The number of nitrogens with one attached hydrogen (secondary N) is 1. The lowest BCUT2D eigenvalue weighted by molar-refractivity contribution is 0.0880. The van der Waals surface area contributed by atoms with E-state index in [9.17, 15) is 14.0 Å². The molecule has 0 fully saturated rings. The smallest absolute Gasteiger partial charge is 0.259 e. The molecule has 2 amide bonds. The molecule has 27 heavy (non-hydrogen) atoms. The molecule has 3 heterocycles. The van der Waals surface area contributed by atoms with E-state index in [1.807, 2.05) is 35.9 Å². The lowest BCUT2D eigenvalue weighted by Gasteiger charge is -2.03. The molecule has 5 nitrogen and oxygen atoms in total. The maximum atomic E-state index is 13.9. The van der Waals surface area contributed by atoms with Gasteiger partial charge < -0.3 is 8.98 Å². The van der Waals surface area contributed by atoms with Gasteiger partial charge in [-0.05, 0) is 24.3 Å². The summed E-state index contributed by atoms with van der Waals surface area (Å²) in [5, 5.41) is 4.89. The van der Waals surface area contributed by atoms with Gasteiger partial charge in [0.2, 0.25) is 0 Å². The average molecular weight is 358 g/mol. The zero-order valence-corrected chi connectivity index (χ0v) is 14.1. The van der Waals surface area contributed by atoms with Gasteiger partial charge in [0.25, 0.3) is 11.8 Å². The van der Waals surface area contributed by atoms with Crippen LogP contribution in [0.5, 0.6) is 0 Å². The SMILES string of the molecule is Cn1c2ccccc2c2c3c(c4c5cc(F)ccc5oc4c21)C(=O)NC3=O. The monoisotopic (exact) mass is 358 g/mol. The zero-order chi connectivity index (χ0) is 18.4. The first-order valence-electron chi connectivity index (χ1n) is 8.47. The van der Waals surface area contributed by atoms with Gasteiger partial charge in [-0.15, -0.1) is 0 Å². The number of carbonyl (C=O) groups excluding carboxylic acids is 2. The normalized spacial score (nSPS) is 14.0. The number of furan rings is 1. The summed E-state index contributed by atoms with van der Waals surface area (Å²) in [5.41, 5.74) is 3.16. The van der Waals surface area contributed by atoms with Crippen LogP contribution in [0, 0.1) is 5.82 Å². The molecule has 6 rings (SSSR count). The molecule has 5 aromatic rings. The quantitative estimate of drug-likeness (QED) is 0.421. The Balaban J connectivity index is 2.04. The van der Waals surface area contributed by atoms with Crippen LogP contribution in [0.4, 0.5) is 4.39 Å². The van der Waals surface area contributed by atoms with Gasteiger partial charge in [0.1, 0.15) is 11.4 Å². The second kappa shape index (κ2) is 4.54. The molecule has 1 N–H and O–H groups in total. The number of rotatable bonds is 0. The Labute approximate surface area is 150 Å². The van der Waals surface area contributed by atoms with E-state index in [1.54, 1.807) is 6.07 Å². The summed E-state index contributed by atoms with van der Waals surface area (Å²) >= 11 is 0. The molecule has 0 radical (unpaired) electrons. The first-order valence-corrected chi connectivity index (χ1v) is 8.47. The molecule has 0 saturated carbocycles. The highest BCUT2D eigenvalue weighted by molar-refractivity contribution is 6.38. The number of aromatic nitrogens is 1. The van der Waals surface area contributed by atoms with E-state index < -0.39 is 17.6 Å². The van der Waals surface area contributed by atoms with Crippen LogP contribution in [0.2, 0.25) is 0 Å². The summed E-state index contributed by atoms with van der Waals surface area (Å²) in [4.78, 5) is 25.3. The van der Waals surface area contributed by atoms with Crippen molar-refractivity contribution in [1.29, 1.82) is 0 Å². The number of halogens is 1. The fraction of sp³-hybridized carbons (Fsp3) is 0.0476. The summed E-state index contributed by atoms with van der Waals surface area (Å²) in [6.45, 7) is 0. The summed E-state index contributed by atoms with van der Waals surface area (Å²) < 4.78 is 21.9. The van der Waals surface area contributed by atoms with Crippen molar-refractivity contribution < 1.29 is 18.4 Å². The number of imide groups is 1. The van der Waals surface area contributed by atoms with Gasteiger partial charge in [-0.3, -0.25) is 14.9 Å². The number of benzene rings is 3. The lowest BCUT2D eigenvalue weighted by atomic mass is 9.97. The minimum atomic E-state index is -0.484. The number of nitrogens with zero attached hydrogens (tertiary/aromatic N) is 1. The highest BCUT2D eigenvalue weighted by Crippen LogP contribution is 2.44. The number of amides is 2. The second-order valence-electron chi connectivity index (χ2n) is 6.78. The molecule has 0 atom stereocenters. The number of hydrogen-bond donors (Lipinski definition) is 1. The van der Waals surface area contributed by atoms with E-state index >= 15 is 0 Å². The minimum Gasteiger partial charge on any atom is -0.454 e. The van der Waals surface area contributed by atoms with Crippen molar-refractivity contribution in [3.63, 3.8) is 0 Å². The van der Waals surface area contributed by atoms with E-state index in [-0.39, 0.29) is 5.56 Å². The second-order valence-corrected chi connectivity index (χ2v) is 6.78. The van der Waals surface area contributed by atoms with Crippen LogP contribution in [-0.2, 0) is 7.05 Å². The van der Waals surface area contributed by atoms with Crippen LogP contribution in [0.3, 0.4) is 0 Å². The van der Waals surface area contributed by atoms with Crippen molar-refractivity contribution in [2.75, 3.05) is 0 Å². The topological polar surface area (TPSA) is 64.2 Å². The Morgan fingerprint density at radius 2 is 1.70 bits per heavy atom. The van der Waals surface area contributed by atoms with Gasteiger partial charge >= 0.3 is 0 Å². The fourth-order valence-electron chi connectivity index (χ4n) is 4.33. The standard InChI is InChI=1S/C21H11FN2O3/c1-24-12-5-3-2-4-10(12)14-16-17(21(26)23-20(16)25)15-11-8-9(22)6-7-13(11)27-19(15)18(14)24/h2-8H,1H3,(H,23,25,26). The molecule has 0 saturated heterocycles. The van der Waals surface area contributed by atoms with Gasteiger partial charge in [-0.25, -0.2) is 4.39 Å². The van der Waals surface area contributed by atoms with Crippen molar-refractivity contribution in [2.45, 2.75) is 0 Å². The maximum absolute atomic E-state index is 13.9. The van der Waals surface area contributed by atoms with Gasteiger partial charge in [0, 0.05) is 34.1 Å². The Hall–Kier alpha value is -3.67. The van der Waals surface area contributed by atoms with Crippen molar-refractivity contribution in [1.82, 2.24) is 9.88 Å². The van der Waals surface area contributed by atoms with E-state index in [0.717, 1.165) is 10.9 Å². The van der Waals surface area contributed by atoms with E-state index in [4.69, 9.17) is 4.42 Å². The van der Waals surface area contributed by atoms with Crippen LogP contribution in [0.25, 0.3) is 43.7 Å². The van der Waals surface area contributed by atoms with Crippen LogP contribution in [-0.4, -0.2) is 16.4 Å². The molecular weight excluding hydrogens is 347 g/mol. The summed E-state index contributed by atoms with van der Waals surface area (Å²) in [7, 11) is 1.89. The van der Waals surface area contributed by atoms with Gasteiger partial charge in [0.15, 0.2) is 5.58 Å². The molecule has 130 valence electrons. The summed E-state index contributed by atoms with van der Waals surface area (Å²) in [5.74, 6) is -1.35. The Bertz CT molecular complexity index is 1510. The number of para-hydroxylation sites is 1. The molecule has 0 spiro atoms. The first kappa shape index (κ1) is 14.5. The minimum absolute atomic E-state index is 0.253. The Morgan fingerprint density at radius 1 is 0.963 bits per heavy atom. The van der Waals surface area contributed by atoms with Crippen LogP contribution >= 0.6 is 0 Å². The lowest BCUT2D eigenvalue weighted by Crippen LogP contribution is -2.20. The van der Waals surface area contributed by atoms with Crippen molar-refractivity contribution >= 4 is 55.6 Å². The third-order valence-electron chi connectivity index (χ3n) is 5.40. The number of fused-ring (bicyclic) bond motifs is 10. The van der Waals surface area contributed by atoms with E-state index in [1.165, 1.54) is 12.1 Å². The number of hydrogen-bond acceptors (Lipinski definition) is 3. The molecule has 0 bridgehead atoms. The molecule has 6 heteroatoms. The van der Waals surface area contributed by atoms with Crippen LogP contribution in [0.15, 0.2) is 46.9 Å². The highest BCUT2D eigenvalue weighted by Gasteiger charge is 2.36. The van der Waals surface area contributed by atoms with Crippen molar-refractivity contribution in [3.05, 3.63) is 59.4 Å². The first-order chi connectivity index (χ1) is 13.1. The molecular formula is C21H11FN2O3. The third-order valence-corrected chi connectivity index (χ3v) is 5.40. The molecule has 0 aliphatic carbocycles.